The molecule has 0 aliphatic heterocycles. The van der Waals surface area contributed by atoms with E-state index in [-0.39, 0.29) is 6.61 Å². The Bertz CT molecular complexity index is 1080. The summed E-state index contributed by atoms with van der Waals surface area (Å²) in [4.78, 5) is 12.4. The van der Waals surface area contributed by atoms with E-state index in [1.54, 1.807) is 0 Å². The molecule has 0 fully saturated rings. The summed E-state index contributed by atoms with van der Waals surface area (Å²) < 4.78 is 5.92. The summed E-state index contributed by atoms with van der Waals surface area (Å²) in [5, 5.41) is 13.6. The molecule has 1 unspecified atom stereocenters. The Hall–Kier alpha value is -3.89. The fourth-order valence-electron chi connectivity index (χ4n) is 4.14. The summed E-state index contributed by atoms with van der Waals surface area (Å²) in [6, 6.07) is 36.5. The monoisotopic (exact) mass is 437 g/mol. The molecule has 33 heavy (non-hydrogen) atoms. The number of nitrogens with one attached hydrogen (secondary N) is 1. The van der Waals surface area contributed by atoms with Gasteiger partial charge in [-0.05, 0) is 41.3 Å². The van der Waals surface area contributed by atoms with E-state index in [0.717, 1.165) is 22.3 Å². The molecule has 4 heteroatoms. The van der Waals surface area contributed by atoms with Gasteiger partial charge in [0, 0.05) is 0 Å². The third kappa shape index (κ3) is 4.97. The van der Waals surface area contributed by atoms with Crippen LogP contribution < -0.4 is 10.1 Å². The highest BCUT2D eigenvalue weighted by molar-refractivity contribution is 5.74. The summed E-state index contributed by atoms with van der Waals surface area (Å²) >= 11 is 0. The van der Waals surface area contributed by atoms with E-state index in [1.807, 2.05) is 122 Å². The maximum absolute atomic E-state index is 12.4. The predicted molar refractivity (Wildman–Crippen MR) is 130 cm³/mol. The van der Waals surface area contributed by atoms with Crippen LogP contribution in [0.2, 0.25) is 0 Å². The summed E-state index contributed by atoms with van der Waals surface area (Å²) in [7, 11) is 0. The Morgan fingerprint density at radius 3 is 1.70 bits per heavy atom. The van der Waals surface area contributed by atoms with Crippen molar-refractivity contribution in [2.75, 3.05) is 6.61 Å². The minimum absolute atomic E-state index is 0.0208. The van der Waals surface area contributed by atoms with E-state index in [9.17, 15) is 9.90 Å². The fourth-order valence-corrected chi connectivity index (χ4v) is 4.14. The molecule has 0 spiro atoms. The first-order valence-electron chi connectivity index (χ1n) is 11.0. The molecule has 0 heterocycles. The lowest BCUT2D eigenvalue weighted by atomic mass is 9.76. The number of carboxylic acids is 1. The van der Waals surface area contributed by atoms with E-state index in [2.05, 4.69) is 5.32 Å². The van der Waals surface area contributed by atoms with Gasteiger partial charge in [-0.2, -0.15) is 0 Å². The van der Waals surface area contributed by atoms with Gasteiger partial charge in [-0.1, -0.05) is 103 Å². The molecule has 0 radical (unpaired) electrons. The fraction of sp³-hybridized carbons (Fsp3) is 0.138. The third-order valence-corrected chi connectivity index (χ3v) is 5.72. The topological polar surface area (TPSA) is 58.6 Å². The molecule has 2 N–H and O–H groups in total. The molecule has 0 aromatic heterocycles. The highest BCUT2D eigenvalue weighted by Gasteiger charge is 2.40. The molecule has 0 saturated heterocycles. The second-order valence-electron chi connectivity index (χ2n) is 8.01. The summed E-state index contributed by atoms with van der Waals surface area (Å²) in [5.74, 6) is -0.331. The van der Waals surface area contributed by atoms with E-state index in [4.69, 9.17) is 4.74 Å². The first-order chi connectivity index (χ1) is 16.1. The van der Waals surface area contributed by atoms with Gasteiger partial charge in [-0.3, -0.25) is 10.1 Å². The largest absolute Gasteiger partial charge is 0.491 e. The van der Waals surface area contributed by atoms with Gasteiger partial charge in [-0.15, -0.1) is 0 Å². The molecule has 4 aromatic rings. The standard InChI is InChI=1S/C29H27NO3/c1-22-12-11-19-26(20-22)33-21-27(28(31)32)30-29(23-13-5-2-6-14-23,24-15-7-3-8-16-24)25-17-9-4-10-18-25/h2-20,27,30H,21H2,1H3,(H,31,32). The predicted octanol–water partition coefficient (Wildman–Crippen LogP) is 5.41. The second kappa shape index (κ2) is 10.2. The van der Waals surface area contributed by atoms with Crippen LogP contribution in [0.15, 0.2) is 115 Å². The highest BCUT2D eigenvalue weighted by Crippen LogP contribution is 2.37. The zero-order valence-electron chi connectivity index (χ0n) is 18.5. The maximum Gasteiger partial charge on any atom is 0.324 e. The van der Waals surface area contributed by atoms with Crippen LogP contribution in [0.5, 0.6) is 5.75 Å². The number of carbonyl (C=O) groups is 1. The lowest BCUT2D eigenvalue weighted by Crippen LogP contribution is -2.54. The van der Waals surface area contributed by atoms with Crippen LogP contribution >= 0.6 is 0 Å². The normalized spacial score (nSPS) is 12.2. The smallest absolute Gasteiger partial charge is 0.324 e. The highest BCUT2D eigenvalue weighted by atomic mass is 16.5. The zero-order chi connectivity index (χ0) is 23.1. The van der Waals surface area contributed by atoms with Crippen molar-refractivity contribution in [2.24, 2.45) is 0 Å². The van der Waals surface area contributed by atoms with E-state index >= 15 is 0 Å². The molecule has 4 rings (SSSR count). The van der Waals surface area contributed by atoms with Crippen molar-refractivity contribution >= 4 is 5.97 Å². The zero-order valence-corrected chi connectivity index (χ0v) is 18.5. The molecule has 166 valence electrons. The van der Waals surface area contributed by atoms with Crippen molar-refractivity contribution in [1.29, 1.82) is 0 Å². The van der Waals surface area contributed by atoms with E-state index in [0.29, 0.717) is 5.75 Å². The molecule has 0 bridgehead atoms. The van der Waals surface area contributed by atoms with Crippen molar-refractivity contribution in [1.82, 2.24) is 5.32 Å². The minimum Gasteiger partial charge on any atom is -0.491 e. The Morgan fingerprint density at radius 2 is 1.27 bits per heavy atom. The average molecular weight is 438 g/mol. The third-order valence-electron chi connectivity index (χ3n) is 5.72. The molecule has 4 nitrogen and oxygen atoms in total. The Kier molecular flexibility index (Phi) is 6.86. The molecule has 0 aliphatic carbocycles. The van der Waals surface area contributed by atoms with Crippen molar-refractivity contribution in [2.45, 2.75) is 18.5 Å². The molecule has 0 amide bonds. The maximum atomic E-state index is 12.4. The summed E-state index contributed by atoms with van der Waals surface area (Å²) in [6.07, 6.45) is 0. The lowest BCUT2D eigenvalue weighted by Gasteiger charge is -2.39. The van der Waals surface area contributed by atoms with Gasteiger partial charge in [0.1, 0.15) is 18.4 Å². The molecule has 1 atom stereocenters. The van der Waals surface area contributed by atoms with Crippen LogP contribution in [0.25, 0.3) is 0 Å². The van der Waals surface area contributed by atoms with Gasteiger partial charge < -0.3 is 9.84 Å². The van der Waals surface area contributed by atoms with E-state index < -0.39 is 17.6 Å². The second-order valence-corrected chi connectivity index (χ2v) is 8.01. The number of carboxylic acid groups (broad SMARTS) is 1. The van der Waals surface area contributed by atoms with Crippen LogP contribution in [0.3, 0.4) is 0 Å². The molecular weight excluding hydrogens is 410 g/mol. The molecule has 0 saturated carbocycles. The average Bonchev–Trinajstić information content (AvgIpc) is 2.86. The first kappa shape index (κ1) is 22.3. The summed E-state index contributed by atoms with van der Waals surface area (Å²) in [6.45, 7) is 1.96. The lowest BCUT2D eigenvalue weighted by molar-refractivity contribution is -0.140. The van der Waals surface area contributed by atoms with Gasteiger partial charge >= 0.3 is 5.97 Å². The van der Waals surface area contributed by atoms with Crippen LogP contribution in [0, 0.1) is 6.92 Å². The van der Waals surface area contributed by atoms with Gasteiger partial charge in [0.2, 0.25) is 0 Å². The summed E-state index contributed by atoms with van der Waals surface area (Å²) in [5.41, 5.74) is 3.01. The number of aryl methyl sites for hydroxylation is 1. The van der Waals surface area contributed by atoms with Gasteiger partial charge in [-0.25, -0.2) is 0 Å². The first-order valence-corrected chi connectivity index (χ1v) is 11.0. The molecular formula is C29H27NO3. The number of aliphatic carboxylic acids is 1. The van der Waals surface area contributed by atoms with Crippen LogP contribution in [0.4, 0.5) is 0 Å². The molecule has 0 aliphatic rings. The molecule has 4 aromatic carbocycles. The van der Waals surface area contributed by atoms with Crippen LogP contribution in [-0.2, 0) is 10.3 Å². The Morgan fingerprint density at radius 1 is 0.788 bits per heavy atom. The van der Waals surface area contributed by atoms with Gasteiger partial charge in [0.25, 0.3) is 0 Å². The Labute approximate surface area is 194 Å². The van der Waals surface area contributed by atoms with Crippen molar-refractivity contribution in [3.05, 3.63) is 138 Å². The van der Waals surface area contributed by atoms with Crippen molar-refractivity contribution in [3.63, 3.8) is 0 Å². The number of benzene rings is 4. The van der Waals surface area contributed by atoms with Crippen molar-refractivity contribution in [3.8, 4) is 5.75 Å². The van der Waals surface area contributed by atoms with E-state index in [1.165, 1.54) is 0 Å². The van der Waals surface area contributed by atoms with Crippen LogP contribution in [-0.4, -0.2) is 23.7 Å². The number of hydrogen-bond donors (Lipinski definition) is 2. The van der Waals surface area contributed by atoms with Crippen LogP contribution in [0.1, 0.15) is 22.3 Å². The van der Waals surface area contributed by atoms with Crippen molar-refractivity contribution < 1.29 is 14.6 Å². The minimum atomic E-state index is -0.977. The van der Waals surface area contributed by atoms with Gasteiger partial charge in [0.15, 0.2) is 0 Å². The number of hydrogen-bond acceptors (Lipinski definition) is 3. The van der Waals surface area contributed by atoms with Gasteiger partial charge in [0.05, 0.1) is 5.54 Å². The SMILES string of the molecule is Cc1cccc(OCC(NC(c2ccccc2)(c2ccccc2)c2ccccc2)C(=O)O)c1. The number of rotatable bonds is 9. The quantitative estimate of drug-likeness (QED) is 0.344. The number of ether oxygens (including phenoxy) is 1. The Balaban J connectivity index is 1.80.